The topological polar surface area (TPSA) is 48.1 Å². The lowest BCUT2D eigenvalue weighted by atomic mass is 10.2. The number of hydrogen-bond acceptors (Lipinski definition) is 3. The fraction of sp³-hybridized carbons (Fsp3) is 0.143. The Morgan fingerprint density at radius 3 is 2.63 bits per heavy atom. The summed E-state index contributed by atoms with van der Waals surface area (Å²) in [6, 6.07) is 8.15. The summed E-state index contributed by atoms with van der Waals surface area (Å²) in [6.07, 6.45) is 0. The summed E-state index contributed by atoms with van der Waals surface area (Å²) in [5.41, 5.74) is 7.46. The molecule has 98 valence electrons. The van der Waals surface area contributed by atoms with E-state index < -0.39 is 0 Å². The van der Waals surface area contributed by atoms with Crippen LogP contribution in [0.4, 0.5) is 4.39 Å². The monoisotopic (exact) mass is 276 g/mol. The van der Waals surface area contributed by atoms with E-state index in [0.717, 1.165) is 5.69 Å². The lowest BCUT2D eigenvalue weighted by Crippen LogP contribution is -2.12. The lowest BCUT2D eigenvalue weighted by Gasteiger charge is -2.10. The van der Waals surface area contributed by atoms with Gasteiger partial charge in [-0.1, -0.05) is 18.3 Å². The van der Waals surface area contributed by atoms with Crippen LogP contribution in [0.5, 0.6) is 11.6 Å². The second-order valence-electron chi connectivity index (χ2n) is 4.18. The van der Waals surface area contributed by atoms with Gasteiger partial charge in [0.1, 0.15) is 16.6 Å². The molecule has 0 amide bonds. The Bertz CT molecular complexity index is 643. The summed E-state index contributed by atoms with van der Waals surface area (Å²) in [7, 11) is 0. The van der Waals surface area contributed by atoms with Gasteiger partial charge >= 0.3 is 0 Å². The zero-order chi connectivity index (χ0) is 14.0. The molecule has 2 rings (SSSR count). The molecule has 2 aromatic rings. The maximum absolute atomic E-state index is 13.5. The molecule has 0 aliphatic rings. The van der Waals surface area contributed by atoms with Crippen molar-refractivity contribution in [2.75, 3.05) is 0 Å². The summed E-state index contributed by atoms with van der Waals surface area (Å²) in [4.78, 5) is 4.42. The van der Waals surface area contributed by atoms with Gasteiger partial charge in [-0.15, -0.1) is 0 Å². The minimum atomic E-state index is -0.331. The van der Waals surface area contributed by atoms with Crippen molar-refractivity contribution in [3.05, 3.63) is 53.0 Å². The summed E-state index contributed by atoms with van der Waals surface area (Å²) in [6.45, 7) is 3.51. The van der Waals surface area contributed by atoms with Crippen LogP contribution in [0.15, 0.2) is 30.3 Å². The van der Waals surface area contributed by atoms with Crippen molar-refractivity contribution in [2.24, 2.45) is 5.73 Å². The van der Waals surface area contributed by atoms with E-state index in [9.17, 15) is 4.39 Å². The van der Waals surface area contributed by atoms with Gasteiger partial charge in [0, 0.05) is 11.8 Å². The van der Waals surface area contributed by atoms with Gasteiger partial charge in [-0.25, -0.2) is 9.37 Å². The number of halogens is 1. The van der Waals surface area contributed by atoms with E-state index in [2.05, 4.69) is 4.98 Å². The number of aromatic nitrogens is 1. The van der Waals surface area contributed by atoms with Gasteiger partial charge < -0.3 is 10.5 Å². The molecule has 5 heteroatoms. The van der Waals surface area contributed by atoms with Crippen LogP contribution in [0, 0.1) is 19.7 Å². The normalized spacial score (nSPS) is 10.3. The Kier molecular flexibility index (Phi) is 3.76. The van der Waals surface area contributed by atoms with E-state index in [4.69, 9.17) is 22.7 Å². The predicted molar refractivity (Wildman–Crippen MR) is 76.1 cm³/mol. The Balaban J connectivity index is 2.39. The first kappa shape index (κ1) is 13.4. The van der Waals surface area contributed by atoms with E-state index in [0.29, 0.717) is 16.9 Å². The van der Waals surface area contributed by atoms with Crippen molar-refractivity contribution in [1.29, 1.82) is 0 Å². The number of pyridine rings is 1. The number of nitrogens with two attached hydrogens (primary N) is 1. The fourth-order valence-electron chi connectivity index (χ4n) is 1.55. The van der Waals surface area contributed by atoms with Crippen LogP contribution in [0.1, 0.15) is 16.8 Å². The number of aryl methyl sites for hydroxylation is 2. The molecule has 0 saturated heterocycles. The molecule has 19 heavy (non-hydrogen) atoms. The van der Waals surface area contributed by atoms with Crippen molar-refractivity contribution in [2.45, 2.75) is 13.8 Å². The highest BCUT2D eigenvalue weighted by Gasteiger charge is 2.10. The van der Waals surface area contributed by atoms with Crippen molar-refractivity contribution < 1.29 is 9.13 Å². The molecule has 3 nitrogen and oxygen atoms in total. The van der Waals surface area contributed by atoms with Crippen molar-refractivity contribution in [1.82, 2.24) is 4.98 Å². The third kappa shape index (κ3) is 3.06. The first-order valence-electron chi connectivity index (χ1n) is 5.69. The minimum Gasteiger partial charge on any atom is -0.438 e. The fourth-order valence-corrected chi connectivity index (χ4v) is 1.70. The second-order valence-corrected chi connectivity index (χ2v) is 4.62. The van der Waals surface area contributed by atoms with Gasteiger partial charge in [0.15, 0.2) is 0 Å². The molecule has 0 aliphatic carbocycles. The maximum Gasteiger partial charge on any atom is 0.229 e. The predicted octanol–water partition coefficient (Wildman–Crippen LogP) is 3.26. The van der Waals surface area contributed by atoms with Crippen LogP contribution in [-0.4, -0.2) is 9.97 Å². The van der Waals surface area contributed by atoms with Crippen LogP contribution in [0.25, 0.3) is 0 Å². The van der Waals surface area contributed by atoms with Crippen LogP contribution >= 0.6 is 12.2 Å². The lowest BCUT2D eigenvalue weighted by molar-refractivity contribution is 0.455. The summed E-state index contributed by atoms with van der Waals surface area (Å²) >= 11 is 4.94. The SMILES string of the molecule is Cc1ccc(C(N)=S)c(Oc2ccc(C)c(F)c2)n1. The smallest absolute Gasteiger partial charge is 0.229 e. The van der Waals surface area contributed by atoms with E-state index in [1.54, 1.807) is 31.2 Å². The molecule has 0 aliphatic heterocycles. The Hall–Kier alpha value is -2.01. The van der Waals surface area contributed by atoms with Gasteiger partial charge in [-0.05, 0) is 37.6 Å². The molecular weight excluding hydrogens is 263 g/mol. The zero-order valence-electron chi connectivity index (χ0n) is 10.6. The van der Waals surface area contributed by atoms with E-state index >= 15 is 0 Å². The van der Waals surface area contributed by atoms with Crippen LogP contribution in [-0.2, 0) is 0 Å². The molecule has 0 atom stereocenters. The van der Waals surface area contributed by atoms with E-state index in [1.807, 2.05) is 6.92 Å². The van der Waals surface area contributed by atoms with Gasteiger partial charge in [0.2, 0.25) is 5.88 Å². The average molecular weight is 276 g/mol. The van der Waals surface area contributed by atoms with Crippen LogP contribution in [0.3, 0.4) is 0 Å². The molecule has 1 aromatic heterocycles. The van der Waals surface area contributed by atoms with Crippen molar-refractivity contribution >= 4 is 17.2 Å². The summed E-state index contributed by atoms with van der Waals surface area (Å²) in [5.74, 6) is 0.316. The van der Waals surface area contributed by atoms with Gasteiger partial charge in [-0.2, -0.15) is 0 Å². The number of ether oxygens (including phenoxy) is 1. The molecule has 0 bridgehead atoms. The molecule has 0 fully saturated rings. The second kappa shape index (κ2) is 5.32. The summed E-state index contributed by atoms with van der Waals surface area (Å²) < 4.78 is 19.0. The third-order valence-corrected chi connectivity index (χ3v) is 2.84. The zero-order valence-corrected chi connectivity index (χ0v) is 11.4. The Labute approximate surface area is 116 Å². The number of benzene rings is 1. The highest BCUT2D eigenvalue weighted by atomic mass is 32.1. The van der Waals surface area contributed by atoms with Crippen molar-refractivity contribution in [3.8, 4) is 11.6 Å². The molecular formula is C14H13FN2OS. The number of hydrogen-bond donors (Lipinski definition) is 1. The van der Waals surface area contributed by atoms with E-state index in [-0.39, 0.29) is 16.7 Å². The average Bonchev–Trinajstić information content (AvgIpc) is 2.33. The quantitative estimate of drug-likeness (QED) is 0.874. The van der Waals surface area contributed by atoms with Crippen LogP contribution in [0.2, 0.25) is 0 Å². The van der Waals surface area contributed by atoms with Gasteiger partial charge in [0.05, 0.1) is 5.56 Å². The van der Waals surface area contributed by atoms with Gasteiger partial charge in [0.25, 0.3) is 0 Å². The van der Waals surface area contributed by atoms with E-state index in [1.165, 1.54) is 6.07 Å². The minimum absolute atomic E-state index is 0.190. The number of thiocarbonyl (C=S) groups is 1. The molecule has 1 heterocycles. The number of nitrogens with zero attached hydrogens (tertiary/aromatic N) is 1. The third-order valence-electron chi connectivity index (χ3n) is 2.62. The Morgan fingerprint density at radius 2 is 2.00 bits per heavy atom. The largest absolute Gasteiger partial charge is 0.438 e. The molecule has 0 unspecified atom stereocenters. The molecule has 0 saturated carbocycles. The first-order chi connectivity index (χ1) is 8.97. The van der Waals surface area contributed by atoms with Crippen molar-refractivity contribution in [3.63, 3.8) is 0 Å². The van der Waals surface area contributed by atoms with Crippen LogP contribution < -0.4 is 10.5 Å². The first-order valence-corrected chi connectivity index (χ1v) is 6.09. The highest BCUT2D eigenvalue weighted by Crippen LogP contribution is 2.25. The Morgan fingerprint density at radius 1 is 1.26 bits per heavy atom. The summed E-state index contributed by atoms with van der Waals surface area (Å²) in [5, 5.41) is 0. The van der Waals surface area contributed by atoms with Gasteiger partial charge in [-0.3, -0.25) is 0 Å². The molecule has 0 radical (unpaired) electrons. The molecule has 0 spiro atoms. The molecule has 1 aromatic carbocycles. The number of rotatable bonds is 3. The standard InChI is InChI=1S/C14H13FN2OS/c1-8-3-5-10(7-12(8)15)18-14-11(13(16)19)6-4-9(2)17-14/h3-7H,1-2H3,(H2,16,19). The molecule has 2 N–H and O–H groups in total. The maximum atomic E-state index is 13.5. The highest BCUT2D eigenvalue weighted by molar-refractivity contribution is 7.80.